The van der Waals surface area contributed by atoms with Crippen LogP contribution in [0.2, 0.25) is 0 Å². The molecule has 3 aromatic heterocycles. The highest BCUT2D eigenvalue weighted by molar-refractivity contribution is 5.79. The Hall–Kier alpha value is -3.28. The van der Waals surface area contributed by atoms with Crippen LogP contribution < -0.4 is 4.74 Å². The Morgan fingerprint density at radius 3 is 2.75 bits per heavy atom. The third-order valence-corrected chi connectivity index (χ3v) is 5.00. The van der Waals surface area contributed by atoms with Gasteiger partial charge in [0.15, 0.2) is 5.65 Å². The fourth-order valence-electron chi connectivity index (χ4n) is 3.52. The summed E-state index contributed by atoms with van der Waals surface area (Å²) in [5.74, 6) is 0.318. The molecule has 0 aliphatic rings. The van der Waals surface area contributed by atoms with E-state index in [2.05, 4.69) is 27.3 Å². The molecule has 4 aromatic rings. The zero-order chi connectivity index (χ0) is 19.7. The topological polar surface area (TPSA) is 52.3 Å². The summed E-state index contributed by atoms with van der Waals surface area (Å²) in [5.41, 5.74) is 6.51. The van der Waals surface area contributed by atoms with Crippen molar-refractivity contribution in [3.63, 3.8) is 0 Å². The second-order valence-electron chi connectivity index (χ2n) is 6.82. The third-order valence-electron chi connectivity index (χ3n) is 5.00. The molecule has 0 saturated carbocycles. The fourth-order valence-corrected chi connectivity index (χ4v) is 3.52. The molecule has 1 aromatic carbocycles. The van der Waals surface area contributed by atoms with E-state index in [-0.39, 0.29) is 5.82 Å². The van der Waals surface area contributed by atoms with Crippen LogP contribution in [-0.4, -0.2) is 26.7 Å². The van der Waals surface area contributed by atoms with E-state index in [1.807, 2.05) is 30.5 Å². The van der Waals surface area contributed by atoms with Crippen LogP contribution in [0, 0.1) is 19.7 Å². The highest BCUT2D eigenvalue weighted by Gasteiger charge is 2.14. The molecule has 0 aliphatic carbocycles. The Balaban J connectivity index is 1.72. The first-order chi connectivity index (χ1) is 13.6. The molecule has 142 valence electrons. The minimum absolute atomic E-state index is 0.251. The van der Waals surface area contributed by atoms with Gasteiger partial charge in [-0.2, -0.15) is 0 Å². The van der Waals surface area contributed by atoms with Crippen molar-refractivity contribution >= 4 is 5.65 Å². The Morgan fingerprint density at radius 2 is 1.93 bits per heavy atom. The van der Waals surface area contributed by atoms with E-state index in [1.165, 1.54) is 6.07 Å². The largest absolute Gasteiger partial charge is 0.496 e. The number of methoxy groups -OCH3 is 1. The standard InChI is InChI=1S/C22H21FN4O/c1-14-12-24-15(2)11-19(14)17-9-7-16(27-13-25-26-22(17)27)8-10-18-20(23)5-4-6-21(18)28-3/h4-7,9,11-13H,8,10H2,1-3H3. The maximum atomic E-state index is 14.2. The van der Waals surface area contributed by atoms with Crippen LogP contribution in [0.3, 0.4) is 0 Å². The van der Waals surface area contributed by atoms with E-state index < -0.39 is 0 Å². The first kappa shape index (κ1) is 18.1. The number of pyridine rings is 2. The molecule has 0 radical (unpaired) electrons. The first-order valence-electron chi connectivity index (χ1n) is 9.15. The Labute approximate surface area is 162 Å². The number of rotatable bonds is 5. The molecule has 0 unspecified atom stereocenters. The molecule has 0 fully saturated rings. The number of halogens is 1. The van der Waals surface area contributed by atoms with Crippen LogP contribution in [0.15, 0.2) is 48.9 Å². The lowest BCUT2D eigenvalue weighted by molar-refractivity contribution is 0.404. The van der Waals surface area contributed by atoms with Crippen LogP contribution >= 0.6 is 0 Å². The number of nitrogens with zero attached hydrogens (tertiary/aromatic N) is 4. The van der Waals surface area contributed by atoms with E-state index in [9.17, 15) is 4.39 Å². The van der Waals surface area contributed by atoms with E-state index >= 15 is 0 Å². The van der Waals surface area contributed by atoms with Crippen molar-refractivity contribution in [2.45, 2.75) is 26.7 Å². The number of fused-ring (bicyclic) bond motifs is 1. The summed E-state index contributed by atoms with van der Waals surface area (Å²) in [6, 6.07) is 11.1. The predicted molar refractivity (Wildman–Crippen MR) is 106 cm³/mol. The highest BCUT2D eigenvalue weighted by Crippen LogP contribution is 2.29. The monoisotopic (exact) mass is 376 g/mol. The normalized spacial score (nSPS) is 11.1. The molecule has 5 nitrogen and oxygen atoms in total. The zero-order valence-corrected chi connectivity index (χ0v) is 16.1. The third kappa shape index (κ3) is 3.22. The summed E-state index contributed by atoms with van der Waals surface area (Å²) >= 11 is 0. The van der Waals surface area contributed by atoms with Gasteiger partial charge in [0.1, 0.15) is 17.9 Å². The van der Waals surface area contributed by atoms with Crippen molar-refractivity contribution < 1.29 is 9.13 Å². The van der Waals surface area contributed by atoms with E-state index in [4.69, 9.17) is 4.74 Å². The van der Waals surface area contributed by atoms with Gasteiger partial charge in [0, 0.05) is 28.7 Å². The van der Waals surface area contributed by atoms with Gasteiger partial charge in [0.2, 0.25) is 0 Å². The van der Waals surface area contributed by atoms with E-state index in [0.717, 1.165) is 33.7 Å². The maximum Gasteiger partial charge on any atom is 0.168 e. The van der Waals surface area contributed by atoms with Gasteiger partial charge in [-0.25, -0.2) is 4.39 Å². The number of benzene rings is 1. The minimum Gasteiger partial charge on any atom is -0.496 e. The fraction of sp³-hybridized carbons (Fsp3) is 0.227. The lowest BCUT2D eigenvalue weighted by atomic mass is 10.0. The molecule has 6 heteroatoms. The predicted octanol–water partition coefficient (Wildman–Crippen LogP) is 4.34. The van der Waals surface area contributed by atoms with Gasteiger partial charge >= 0.3 is 0 Å². The summed E-state index contributed by atoms with van der Waals surface area (Å²) in [5, 5.41) is 8.43. The molecule has 0 aliphatic heterocycles. The van der Waals surface area contributed by atoms with E-state index in [0.29, 0.717) is 24.2 Å². The van der Waals surface area contributed by atoms with Crippen molar-refractivity contribution in [1.29, 1.82) is 0 Å². The Kier molecular flexibility index (Phi) is 4.77. The van der Waals surface area contributed by atoms with E-state index in [1.54, 1.807) is 25.6 Å². The average molecular weight is 376 g/mol. The highest BCUT2D eigenvalue weighted by atomic mass is 19.1. The van der Waals surface area contributed by atoms with Gasteiger partial charge in [-0.05, 0) is 68.1 Å². The maximum absolute atomic E-state index is 14.2. The lowest BCUT2D eigenvalue weighted by Gasteiger charge is -2.12. The minimum atomic E-state index is -0.251. The molecule has 0 atom stereocenters. The first-order valence-corrected chi connectivity index (χ1v) is 9.15. The van der Waals surface area contributed by atoms with Crippen molar-refractivity contribution in [2.75, 3.05) is 7.11 Å². The van der Waals surface area contributed by atoms with Crippen LogP contribution in [0.5, 0.6) is 5.75 Å². The molecule has 3 heterocycles. The summed E-state index contributed by atoms with van der Waals surface area (Å²) in [6.07, 6.45) is 4.74. The number of ether oxygens (including phenoxy) is 1. The SMILES string of the molecule is COc1cccc(F)c1CCc1ccc(-c2cc(C)ncc2C)c2nncn12. The number of hydrogen-bond acceptors (Lipinski definition) is 4. The van der Waals surface area contributed by atoms with Crippen LogP contribution in [0.1, 0.15) is 22.5 Å². The smallest absolute Gasteiger partial charge is 0.168 e. The van der Waals surface area contributed by atoms with Gasteiger partial charge in [0.05, 0.1) is 7.11 Å². The molecule has 0 saturated heterocycles. The number of aryl methyl sites for hydroxylation is 3. The second kappa shape index (κ2) is 7.38. The van der Waals surface area contributed by atoms with Crippen molar-refractivity contribution in [3.05, 3.63) is 77.3 Å². The van der Waals surface area contributed by atoms with Crippen LogP contribution in [0.25, 0.3) is 16.8 Å². The van der Waals surface area contributed by atoms with Gasteiger partial charge < -0.3 is 4.74 Å². The number of aromatic nitrogens is 4. The Bertz CT molecular complexity index is 1150. The molecule has 0 amide bonds. The van der Waals surface area contributed by atoms with Gasteiger partial charge in [-0.1, -0.05) is 6.07 Å². The van der Waals surface area contributed by atoms with Crippen molar-refractivity contribution in [1.82, 2.24) is 19.6 Å². The van der Waals surface area contributed by atoms with Crippen molar-refractivity contribution in [3.8, 4) is 16.9 Å². The molecular weight excluding hydrogens is 355 g/mol. The van der Waals surface area contributed by atoms with Gasteiger partial charge in [-0.3, -0.25) is 9.38 Å². The molecule has 28 heavy (non-hydrogen) atoms. The van der Waals surface area contributed by atoms with Gasteiger partial charge in [-0.15, -0.1) is 10.2 Å². The zero-order valence-electron chi connectivity index (χ0n) is 16.1. The van der Waals surface area contributed by atoms with Crippen LogP contribution in [0.4, 0.5) is 4.39 Å². The molecule has 4 rings (SSSR count). The van der Waals surface area contributed by atoms with Crippen molar-refractivity contribution in [2.24, 2.45) is 0 Å². The molecule has 0 spiro atoms. The summed E-state index contributed by atoms with van der Waals surface area (Å²) < 4.78 is 21.5. The summed E-state index contributed by atoms with van der Waals surface area (Å²) in [4.78, 5) is 4.35. The quantitative estimate of drug-likeness (QED) is 0.520. The summed E-state index contributed by atoms with van der Waals surface area (Å²) in [7, 11) is 1.56. The number of hydrogen-bond donors (Lipinski definition) is 0. The molecule has 0 N–H and O–H groups in total. The molecule has 0 bridgehead atoms. The molecular formula is C22H21FN4O. The van der Waals surface area contributed by atoms with Crippen LogP contribution in [-0.2, 0) is 12.8 Å². The van der Waals surface area contributed by atoms with Gasteiger partial charge in [0.25, 0.3) is 0 Å². The summed E-state index contributed by atoms with van der Waals surface area (Å²) in [6.45, 7) is 4.01. The average Bonchev–Trinajstić information content (AvgIpc) is 3.19. The second-order valence-corrected chi connectivity index (χ2v) is 6.82. The Morgan fingerprint density at radius 1 is 1.07 bits per heavy atom. The lowest BCUT2D eigenvalue weighted by Crippen LogP contribution is -2.03.